The van der Waals surface area contributed by atoms with E-state index in [9.17, 15) is 0 Å². The van der Waals surface area contributed by atoms with E-state index >= 15 is 0 Å². The van der Waals surface area contributed by atoms with Gasteiger partial charge in [-0.2, -0.15) is 4.98 Å². The van der Waals surface area contributed by atoms with E-state index in [0.29, 0.717) is 23.3 Å². The zero-order valence-corrected chi connectivity index (χ0v) is 12.0. The van der Waals surface area contributed by atoms with Gasteiger partial charge in [0.25, 0.3) is 0 Å². The van der Waals surface area contributed by atoms with E-state index in [1.165, 1.54) is 0 Å². The Morgan fingerprint density at radius 2 is 2.30 bits per heavy atom. The predicted octanol–water partition coefficient (Wildman–Crippen LogP) is 2.90. The third-order valence-corrected chi connectivity index (χ3v) is 3.55. The molecular weight excluding hydrogens is 278 g/mol. The monoisotopic (exact) mass is 293 g/mol. The Balaban J connectivity index is 1.69. The van der Waals surface area contributed by atoms with E-state index < -0.39 is 0 Å². The molecule has 0 spiro atoms. The van der Waals surface area contributed by atoms with Crippen LogP contribution in [-0.2, 0) is 13.2 Å². The highest BCUT2D eigenvalue weighted by Gasteiger charge is 2.29. The zero-order valence-electron chi connectivity index (χ0n) is 11.2. The van der Waals surface area contributed by atoms with E-state index in [0.717, 1.165) is 30.0 Å². The number of nitrogens with one attached hydrogen (secondary N) is 1. The van der Waals surface area contributed by atoms with Gasteiger partial charge in [0.1, 0.15) is 5.75 Å². The van der Waals surface area contributed by atoms with Gasteiger partial charge in [0.05, 0.1) is 0 Å². The van der Waals surface area contributed by atoms with Gasteiger partial charge in [-0.25, -0.2) is 0 Å². The maximum absolute atomic E-state index is 6.17. The lowest BCUT2D eigenvalue weighted by Crippen LogP contribution is -2.08. The molecule has 1 heterocycles. The molecule has 0 aliphatic heterocycles. The number of ether oxygens (including phenoxy) is 1. The van der Waals surface area contributed by atoms with E-state index in [1.807, 2.05) is 25.2 Å². The lowest BCUT2D eigenvalue weighted by atomic mass is 10.2. The molecule has 1 aliphatic carbocycles. The number of halogens is 1. The second-order valence-electron chi connectivity index (χ2n) is 4.86. The van der Waals surface area contributed by atoms with Gasteiger partial charge in [-0.1, -0.05) is 22.8 Å². The molecule has 1 aliphatic rings. The van der Waals surface area contributed by atoms with Crippen molar-refractivity contribution in [3.63, 3.8) is 0 Å². The SMILES string of the molecule is CNCc1c(Cl)cccc1OCc1noc(C2CC2)n1. The van der Waals surface area contributed by atoms with E-state index in [1.54, 1.807) is 0 Å². The van der Waals surface area contributed by atoms with Crippen molar-refractivity contribution in [3.8, 4) is 5.75 Å². The maximum Gasteiger partial charge on any atom is 0.229 e. The first-order valence-corrected chi connectivity index (χ1v) is 7.03. The largest absolute Gasteiger partial charge is 0.485 e. The molecule has 5 nitrogen and oxygen atoms in total. The Kier molecular flexibility index (Phi) is 3.89. The molecular formula is C14H16ClN3O2. The van der Waals surface area contributed by atoms with Crippen molar-refractivity contribution in [2.45, 2.75) is 31.9 Å². The summed E-state index contributed by atoms with van der Waals surface area (Å²) in [5.74, 6) is 2.50. The fourth-order valence-corrected chi connectivity index (χ4v) is 2.22. The normalized spacial score (nSPS) is 14.5. The van der Waals surface area contributed by atoms with Gasteiger partial charge >= 0.3 is 0 Å². The Morgan fingerprint density at radius 3 is 3.05 bits per heavy atom. The summed E-state index contributed by atoms with van der Waals surface area (Å²) in [6.45, 7) is 0.932. The number of hydrogen-bond acceptors (Lipinski definition) is 5. The summed E-state index contributed by atoms with van der Waals surface area (Å²) in [6, 6.07) is 5.60. The first-order valence-electron chi connectivity index (χ1n) is 6.65. The summed E-state index contributed by atoms with van der Waals surface area (Å²) < 4.78 is 11.0. The molecule has 1 fully saturated rings. The predicted molar refractivity (Wildman–Crippen MR) is 74.8 cm³/mol. The molecule has 0 radical (unpaired) electrons. The summed E-state index contributed by atoms with van der Waals surface area (Å²) in [5, 5.41) is 7.69. The highest BCUT2D eigenvalue weighted by molar-refractivity contribution is 6.31. The van der Waals surface area contributed by atoms with Crippen molar-refractivity contribution in [1.82, 2.24) is 15.5 Å². The van der Waals surface area contributed by atoms with Crippen molar-refractivity contribution in [2.75, 3.05) is 7.05 Å². The van der Waals surface area contributed by atoms with Crippen LogP contribution in [0.15, 0.2) is 22.7 Å². The molecule has 20 heavy (non-hydrogen) atoms. The summed E-state index contributed by atoms with van der Waals surface area (Å²) in [6.07, 6.45) is 2.28. The molecule has 1 N–H and O–H groups in total. The second-order valence-corrected chi connectivity index (χ2v) is 5.27. The van der Waals surface area contributed by atoms with Gasteiger partial charge in [0.15, 0.2) is 6.61 Å². The Bertz CT molecular complexity index is 596. The first-order chi connectivity index (χ1) is 9.78. The molecule has 1 saturated carbocycles. The molecule has 0 amide bonds. The molecule has 6 heteroatoms. The van der Waals surface area contributed by atoms with Crippen LogP contribution in [0.2, 0.25) is 5.02 Å². The van der Waals surface area contributed by atoms with Crippen LogP contribution in [-0.4, -0.2) is 17.2 Å². The van der Waals surface area contributed by atoms with Gasteiger partial charge in [-0.05, 0) is 32.0 Å². The summed E-state index contributed by atoms with van der Waals surface area (Å²) in [7, 11) is 1.87. The fraction of sp³-hybridized carbons (Fsp3) is 0.429. The minimum atomic E-state index is 0.285. The molecule has 1 aromatic heterocycles. The van der Waals surface area contributed by atoms with Crippen LogP contribution >= 0.6 is 11.6 Å². The van der Waals surface area contributed by atoms with Crippen LogP contribution in [0.25, 0.3) is 0 Å². The Hall–Kier alpha value is -1.59. The minimum Gasteiger partial charge on any atom is -0.485 e. The van der Waals surface area contributed by atoms with Crippen molar-refractivity contribution in [2.24, 2.45) is 0 Å². The smallest absolute Gasteiger partial charge is 0.229 e. The molecule has 106 valence electrons. The Morgan fingerprint density at radius 1 is 1.45 bits per heavy atom. The minimum absolute atomic E-state index is 0.285. The van der Waals surface area contributed by atoms with Gasteiger partial charge in [0, 0.05) is 23.0 Å². The molecule has 1 aromatic carbocycles. The molecule has 0 unspecified atom stereocenters. The molecule has 0 saturated heterocycles. The van der Waals surface area contributed by atoms with Crippen LogP contribution in [0, 0.1) is 0 Å². The lowest BCUT2D eigenvalue weighted by molar-refractivity contribution is 0.282. The number of aromatic nitrogens is 2. The fourth-order valence-electron chi connectivity index (χ4n) is 1.99. The number of nitrogens with zero attached hydrogens (tertiary/aromatic N) is 2. The van der Waals surface area contributed by atoms with Crippen LogP contribution < -0.4 is 10.1 Å². The zero-order chi connectivity index (χ0) is 13.9. The van der Waals surface area contributed by atoms with Crippen molar-refractivity contribution < 1.29 is 9.26 Å². The molecule has 3 rings (SSSR count). The lowest BCUT2D eigenvalue weighted by Gasteiger charge is -2.11. The third kappa shape index (κ3) is 2.94. The Labute approximate surface area is 122 Å². The molecule has 0 bridgehead atoms. The third-order valence-electron chi connectivity index (χ3n) is 3.20. The summed E-state index contributed by atoms with van der Waals surface area (Å²) >= 11 is 6.17. The maximum atomic E-state index is 6.17. The van der Waals surface area contributed by atoms with Gasteiger partial charge in [-0.15, -0.1) is 0 Å². The van der Waals surface area contributed by atoms with Crippen LogP contribution in [0.1, 0.15) is 36.0 Å². The van der Waals surface area contributed by atoms with Gasteiger partial charge < -0.3 is 14.6 Å². The van der Waals surface area contributed by atoms with E-state index in [-0.39, 0.29) is 6.61 Å². The van der Waals surface area contributed by atoms with Crippen molar-refractivity contribution in [1.29, 1.82) is 0 Å². The highest BCUT2D eigenvalue weighted by Crippen LogP contribution is 2.38. The topological polar surface area (TPSA) is 60.2 Å². The number of hydrogen-bond donors (Lipinski definition) is 1. The quantitative estimate of drug-likeness (QED) is 0.887. The van der Waals surface area contributed by atoms with E-state index in [4.69, 9.17) is 20.9 Å². The number of rotatable bonds is 6. The average Bonchev–Trinajstić information content (AvgIpc) is 3.19. The standard InChI is InChI=1S/C14H16ClN3O2/c1-16-7-10-11(15)3-2-4-12(10)19-8-13-17-14(20-18-13)9-5-6-9/h2-4,9,16H,5-8H2,1H3. The molecule has 0 atom stereocenters. The van der Waals surface area contributed by atoms with E-state index in [2.05, 4.69) is 15.5 Å². The van der Waals surface area contributed by atoms with Crippen molar-refractivity contribution >= 4 is 11.6 Å². The summed E-state index contributed by atoms with van der Waals surface area (Å²) in [5.41, 5.74) is 0.933. The summed E-state index contributed by atoms with van der Waals surface area (Å²) in [4.78, 5) is 4.33. The van der Waals surface area contributed by atoms with Crippen molar-refractivity contribution in [3.05, 3.63) is 40.5 Å². The highest BCUT2D eigenvalue weighted by atomic mass is 35.5. The van der Waals surface area contributed by atoms with Crippen LogP contribution in [0.5, 0.6) is 5.75 Å². The van der Waals surface area contributed by atoms with Gasteiger partial charge in [0.2, 0.25) is 11.7 Å². The molecule has 2 aromatic rings. The second kappa shape index (κ2) is 5.81. The van der Waals surface area contributed by atoms with Crippen LogP contribution in [0.3, 0.4) is 0 Å². The number of benzene rings is 1. The average molecular weight is 294 g/mol. The van der Waals surface area contributed by atoms with Crippen LogP contribution in [0.4, 0.5) is 0 Å². The first kappa shape index (κ1) is 13.4. The van der Waals surface area contributed by atoms with Gasteiger partial charge in [-0.3, -0.25) is 0 Å².